The molecule has 1 amide bonds. The van der Waals surface area contributed by atoms with E-state index in [0.29, 0.717) is 19.3 Å². The molecule has 3 atom stereocenters. The van der Waals surface area contributed by atoms with Crippen LogP contribution in [-0.4, -0.2) is 64.9 Å². The number of unbranched alkanes of at least 4 members (excludes halogenated alkanes) is 14. The van der Waals surface area contributed by atoms with Gasteiger partial charge in [-0.1, -0.05) is 177 Å². The highest BCUT2D eigenvalue weighted by Gasteiger charge is 2.28. The highest BCUT2D eigenvalue weighted by molar-refractivity contribution is 7.47. The van der Waals surface area contributed by atoms with Gasteiger partial charge in [0.1, 0.15) is 12.7 Å². The number of esters is 1. The van der Waals surface area contributed by atoms with Crippen molar-refractivity contribution in [2.75, 3.05) is 19.8 Å². The fourth-order valence-corrected chi connectivity index (χ4v) is 6.40. The van der Waals surface area contributed by atoms with Gasteiger partial charge in [0.05, 0.1) is 13.2 Å². The number of aliphatic hydroxyl groups is 1. The maximum absolute atomic E-state index is 12.3. The van der Waals surface area contributed by atoms with Crippen molar-refractivity contribution in [2.24, 2.45) is 0 Å². The van der Waals surface area contributed by atoms with Crippen LogP contribution in [0.25, 0.3) is 0 Å². The van der Waals surface area contributed by atoms with Crippen molar-refractivity contribution in [2.45, 2.75) is 180 Å². The smallest absolute Gasteiger partial charge is 0.472 e. The molecule has 0 aliphatic carbocycles. The van der Waals surface area contributed by atoms with Gasteiger partial charge in [-0.2, -0.15) is 0 Å². The van der Waals surface area contributed by atoms with Crippen LogP contribution < -0.4 is 5.32 Å². The molecule has 0 aromatic carbocycles. The van der Waals surface area contributed by atoms with Crippen LogP contribution in [-0.2, 0) is 32.7 Å². The SMILES string of the molecule is CC/C=C\C/C=C\C/C=C\C/C=C\C/C=C\C/C=C\CCC(=O)NC(COP(=O)(O)OCC(O)COC(=O)CCCCCCCCCCCCCCCCC)C(=O)O. The first-order valence-corrected chi connectivity index (χ1v) is 23.5. The summed E-state index contributed by atoms with van der Waals surface area (Å²) >= 11 is 0. The zero-order valence-corrected chi connectivity index (χ0v) is 36.7. The van der Waals surface area contributed by atoms with Gasteiger partial charge in [0.15, 0.2) is 6.04 Å². The number of phosphoric acid groups is 1. The molecule has 0 radical (unpaired) electrons. The number of aliphatic hydroxyl groups excluding tert-OH is 1. The summed E-state index contributed by atoms with van der Waals surface area (Å²) in [5.74, 6) is -2.49. The number of ether oxygens (including phenoxy) is 1. The second-order valence-electron chi connectivity index (χ2n) is 14.5. The topological polar surface area (TPSA) is 169 Å². The summed E-state index contributed by atoms with van der Waals surface area (Å²) in [6, 6.07) is -1.59. The molecule has 0 saturated carbocycles. The van der Waals surface area contributed by atoms with Gasteiger partial charge in [0.25, 0.3) is 0 Å². The van der Waals surface area contributed by atoms with E-state index in [-0.39, 0.29) is 12.8 Å². The fraction of sp³-hybridized carbons (Fsp3) is 0.674. The van der Waals surface area contributed by atoms with Crippen LogP contribution in [0.15, 0.2) is 72.9 Å². The molecule has 3 unspecified atom stereocenters. The van der Waals surface area contributed by atoms with Crippen LogP contribution in [0.1, 0.15) is 168 Å². The van der Waals surface area contributed by atoms with E-state index in [9.17, 15) is 34.1 Å². The average molecular weight is 836 g/mol. The van der Waals surface area contributed by atoms with E-state index >= 15 is 0 Å². The van der Waals surface area contributed by atoms with Crippen molar-refractivity contribution in [1.82, 2.24) is 5.32 Å². The number of amides is 1. The molecule has 0 bridgehead atoms. The van der Waals surface area contributed by atoms with E-state index in [2.05, 4.69) is 73.8 Å². The Morgan fingerprint density at radius 3 is 1.43 bits per heavy atom. The van der Waals surface area contributed by atoms with Crippen LogP contribution in [0.4, 0.5) is 0 Å². The summed E-state index contributed by atoms with van der Waals surface area (Å²) in [4.78, 5) is 45.9. The van der Waals surface area contributed by atoms with Gasteiger partial charge < -0.3 is 25.2 Å². The van der Waals surface area contributed by atoms with E-state index in [0.717, 1.165) is 51.4 Å². The number of hydrogen-bond donors (Lipinski definition) is 4. The van der Waals surface area contributed by atoms with Gasteiger partial charge in [-0.3, -0.25) is 18.6 Å². The van der Waals surface area contributed by atoms with Crippen molar-refractivity contribution < 1.29 is 47.8 Å². The molecule has 0 fully saturated rings. The molecule has 4 N–H and O–H groups in total. The van der Waals surface area contributed by atoms with Crippen molar-refractivity contribution in [1.29, 1.82) is 0 Å². The monoisotopic (exact) mass is 836 g/mol. The Morgan fingerprint density at radius 2 is 0.983 bits per heavy atom. The fourth-order valence-electron chi connectivity index (χ4n) is 5.63. The minimum absolute atomic E-state index is 0.0174. The lowest BCUT2D eigenvalue weighted by atomic mass is 10.0. The molecule has 12 heteroatoms. The van der Waals surface area contributed by atoms with E-state index in [1.54, 1.807) is 0 Å². The zero-order valence-electron chi connectivity index (χ0n) is 35.8. The molecule has 58 heavy (non-hydrogen) atoms. The van der Waals surface area contributed by atoms with E-state index in [1.165, 1.54) is 70.6 Å². The number of allylic oxidation sites excluding steroid dienone is 12. The Kier molecular flexibility index (Phi) is 38.5. The van der Waals surface area contributed by atoms with E-state index in [4.69, 9.17) is 13.8 Å². The summed E-state index contributed by atoms with van der Waals surface area (Å²) in [5.41, 5.74) is 0. The quantitative estimate of drug-likeness (QED) is 0.0202. The Labute approximate surface area is 350 Å². The first-order valence-electron chi connectivity index (χ1n) is 22.0. The number of hydrogen-bond acceptors (Lipinski definition) is 8. The third-order valence-electron chi connectivity index (χ3n) is 9.02. The van der Waals surface area contributed by atoms with Crippen LogP contribution in [0, 0.1) is 0 Å². The van der Waals surface area contributed by atoms with E-state index in [1.807, 2.05) is 18.2 Å². The van der Waals surface area contributed by atoms with Crippen molar-refractivity contribution in [3.63, 3.8) is 0 Å². The molecular formula is C46H78NO10P. The van der Waals surface area contributed by atoms with Gasteiger partial charge in [-0.05, 0) is 51.4 Å². The normalized spacial score (nSPS) is 14.4. The third kappa shape index (κ3) is 39.7. The van der Waals surface area contributed by atoms with Crippen molar-refractivity contribution in [3.05, 3.63) is 72.9 Å². The lowest BCUT2D eigenvalue weighted by molar-refractivity contribution is -0.147. The number of rotatable bonds is 40. The van der Waals surface area contributed by atoms with Gasteiger partial charge >= 0.3 is 19.8 Å². The molecule has 11 nitrogen and oxygen atoms in total. The maximum atomic E-state index is 12.3. The number of carbonyl (C=O) groups excluding carboxylic acids is 2. The Hall–Kier alpha value is -3.08. The largest absolute Gasteiger partial charge is 0.480 e. The lowest BCUT2D eigenvalue weighted by Gasteiger charge is -2.18. The molecule has 0 aliphatic rings. The van der Waals surface area contributed by atoms with Crippen LogP contribution in [0.3, 0.4) is 0 Å². The number of carboxylic acid groups (broad SMARTS) is 1. The van der Waals surface area contributed by atoms with Gasteiger partial charge in [0.2, 0.25) is 5.91 Å². The zero-order chi connectivity index (χ0) is 42.8. The number of aliphatic carboxylic acids is 1. The molecule has 0 aromatic rings. The predicted octanol–water partition coefficient (Wildman–Crippen LogP) is 11.3. The maximum Gasteiger partial charge on any atom is 0.472 e. The van der Waals surface area contributed by atoms with Gasteiger partial charge in [-0.25, -0.2) is 9.36 Å². The summed E-state index contributed by atoms with van der Waals surface area (Å²) in [6.07, 6.45) is 48.0. The number of carbonyl (C=O) groups is 3. The van der Waals surface area contributed by atoms with E-state index < -0.39 is 57.6 Å². The molecule has 0 saturated heterocycles. The van der Waals surface area contributed by atoms with Crippen LogP contribution in [0.2, 0.25) is 0 Å². The molecular weight excluding hydrogens is 757 g/mol. The molecule has 332 valence electrons. The van der Waals surface area contributed by atoms with Crippen LogP contribution in [0.5, 0.6) is 0 Å². The highest BCUT2D eigenvalue weighted by Crippen LogP contribution is 2.43. The molecule has 0 spiro atoms. The summed E-state index contributed by atoms with van der Waals surface area (Å²) in [6.45, 7) is 2.42. The summed E-state index contributed by atoms with van der Waals surface area (Å²) in [5, 5.41) is 21.8. The minimum Gasteiger partial charge on any atom is -0.480 e. The molecule has 0 heterocycles. The summed E-state index contributed by atoms with van der Waals surface area (Å²) < 4.78 is 26.8. The van der Waals surface area contributed by atoms with Gasteiger partial charge in [-0.15, -0.1) is 0 Å². The molecule has 0 aromatic heterocycles. The molecule has 0 aliphatic heterocycles. The third-order valence-corrected chi connectivity index (χ3v) is 9.97. The number of nitrogens with one attached hydrogen (secondary N) is 1. The lowest BCUT2D eigenvalue weighted by Crippen LogP contribution is -2.43. The molecule has 0 rings (SSSR count). The standard InChI is InChI=1S/C46H78NO10P/c1-3-5-7-9-11-13-15-17-19-20-21-22-24-25-27-29-31-33-35-37-44(49)47-43(46(51)52)41-57-58(53,54)56-40-42(48)39-55-45(50)38-36-34-32-30-28-26-23-18-16-14-12-10-8-6-4-2/h5,7,11,13,17,19,21-22,25,27,31,33,42-43,48H,3-4,6,8-10,12,14-16,18,20,23-24,26,28-30,32,34-41H2,1-2H3,(H,47,49)(H,51,52)(H,53,54)/b7-5-,13-11-,19-17-,22-21-,27-25-,33-31-. The predicted molar refractivity (Wildman–Crippen MR) is 235 cm³/mol. The Morgan fingerprint density at radius 1 is 0.569 bits per heavy atom. The van der Waals surface area contributed by atoms with Crippen LogP contribution >= 0.6 is 7.82 Å². The van der Waals surface area contributed by atoms with Crippen molar-refractivity contribution >= 4 is 25.7 Å². The Balaban J connectivity index is 4.02. The average Bonchev–Trinajstić information content (AvgIpc) is 3.20. The number of carboxylic acids is 1. The second-order valence-corrected chi connectivity index (χ2v) is 16.0. The highest BCUT2D eigenvalue weighted by atomic mass is 31.2. The van der Waals surface area contributed by atoms with Gasteiger partial charge in [0, 0.05) is 12.8 Å². The minimum atomic E-state index is -4.78. The van der Waals surface area contributed by atoms with Crippen molar-refractivity contribution in [3.8, 4) is 0 Å². The second kappa shape index (κ2) is 40.7. The first kappa shape index (κ1) is 54.9. The Bertz CT molecular complexity index is 1260. The number of phosphoric ester groups is 1. The summed E-state index contributed by atoms with van der Waals surface area (Å²) in [7, 11) is -4.78. The first-order chi connectivity index (χ1) is 28.1.